The van der Waals surface area contributed by atoms with Gasteiger partial charge in [-0.1, -0.05) is 84.3 Å². The van der Waals surface area contributed by atoms with Crippen LogP contribution in [0.5, 0.6) is 0 Å². The molecule has 0 saturated carbocycles. The standard InChI is InChI=1S/C17H12O.C9H8O.C8H6/c18-14-17-12-10-16(11-13-17)9-5-4-8-15-6-2-1-3-7-15;1-2-8-3-5-9(7-10)6-4-8;1-2-8-6-4-3-5-7-8/h1-3,6-7,10-13,18H,14H2;1,3-6,10H,7H2;1,3-7H. The Labute approximate surface area is 214 Å². The van der Waals surface area contributed by atoms with Gasteiger partial charge in [-0.2, -0.15) is 0 Å². The third kappa shape index (κ3) is 10.8. The van der Waals surface area contributed by atoms with Crippen LogP contribution < -0.4 is 0 Å². The lowest BCUT2D eigenvalue weighted by Gasteiger charge is -1.93. The van der Waals surface area contributed by atoms with Crippen molar-refractivity contribution in [2.75, 3.05) is 0 Å². The maximum absolute atomic E-state index is 8.91. The molecular formula is C34H26O2. The zero-order valence-electron chi connectivity index (χ0n) is 19.9. The average Bonchev–Trinajstić information content (AvgIpc) is 2.97. The number of rotatable bonds is 2. The summed E-state index contributed by atoms with van der Waals surface area (Å²) in [6.45, 7) is 0.131. The summed E-state index contributed by atoms with van der Waals surface area (Å²) < 4.78 is 0. The molecule has 4 aromatic carbocycles. The number of hydrogen-bond donors (Lipinski definition) is 2. The van der Waals surface area contributed by atoms with Crippen LogP contribution in [0.4, 0.5) is 0 Å². The Morgan fingerprint density at radius 1 is 0.444 bits per heavy atom. The van der Waals surface area contributed by atoms with Crippen LogP contribution in [-0.2, 0) is 13.2 Å². The summed E-state index contributed by atoms with van der Waals surface area (Å²) in [5, 5.41) is 17.6. The van der Waals surface area contributed by atoms with Gasteiger partial charge in [-0.15, -0.1) is 12.8 Å². The highest BCUT2D eigenvalue weighted by atomic mass is 16.3. The molecule has 36 heavy (non-hydrogen) atoms. The fraction of sp³-hybridized carbons (Fsp3) is 0.0588. The molecule has 0 amide bonds. The molecule has 0 atom stereocenters. The lowest BCUT2D eigenvalue weighted by molar-refractivity contribution is 0.281. The Morgan fingerprint density at radius 2 is 0.778 bits per heavy atom. The number of benzene rings is 4. The molecule has 2 nitrogen and oxygen atoms in total. The van der Waals surface area contributed by atoms with Crippen LogP contribution in [0.25, 0.3) is 0 Å². The molecule has 0 fully saturated rings. The fourth-order valence-corrected chi connectivity index (χ4v) is 2.66. The fourth-order valence-electron chi connectivity index (χ4n) is 2.66. The summed E-state index contributed by atoms with van der Waals surface area (Å²) in [5.74, 6) is 16.6. The van der Waals surface area contributed by atoms with Crippen molar-refractivity contribution in [3.05, 3.63) is 143 Å². The monoisotopic (exact) mass is 466 g/mol. The summed E-state index contributed by atoms with van der Waals surface area (Å²) in [4.78, 5) is 0. The van der Waals surface area contributed by atoms with Crippen LogP contribution in [0.1, 0.15) is 33.4 Å². The van der Waals surface area contributed by atoms with E-state index >= 15 is 0 Å². The van der Waals surface area contributed by atoms with Gasteiger partial charge in [0.2, 0.25) is 0 Å². The van der Waals surface area contributed by atoms with Crippen LogP contribution in [-0.4, -0.2) is 10.2 Å². The minimum Gasteiger partial charge on any atom is -0.392 e. The molecule has 174 valence electrons. The summed E-state index contributed by atoms with van der Waals surface area (Å²) in [7, 11) is 0. The van der Waals surface area contributed by atoms with Crippen LogP contribution in [0.3, 0.4) is 0 Å². The van der Waals surface area contributed by atoms with E-state index < -0.39 is 0 Å². The van der Waals surface area contributed by atoms with E-state index in [1.165, 1.54) is 0 Å². The Kier molecular flexibility index (Phi) is 12.6. The first-order chi connectivity index (χ1) is 17.7. The van der Waals surface area contributed by atoms with E-state index in [1.54, 1.807) is 0 Å². The predicted octanol–water partition coefficient (Wildman–Crippen LogP) is 5.41. The summed E-state index contributed by atoms with van der Waals surface area (Å²) in [5.41, 5.74) is 5.41. The summed E-state index contributed by atoms with van der Waals surface area (Å²) in [6.07, 6.45) is 10.2. The van der Waals surface area contributed by atoms with Crippen molar-refractivity contribution in [2.45, 2.75) is 13.2 Å². The normalized spacial score (nSPS) is 8.56. The lowest BCUT2D eigenvalue weighted by Crippen LogP contribution is -1.82. The van der Waals surface area contributed by atoms with Gasteiger partial charge in [-0.05, 0) is 71.5 Å². The minimum atomic E-state index is 0.0571. The zero-order valence-corrected chi connectivity index (χ0v) is 19.9. The van der Waals surface area contributed by atoms with Gasteiger partial charge in [-0.3, -0.25) is 0 Å². The van der Waals surface area contributed by atoms with E-state index in [9.17, 15) is 0 Å². The summed E-state index contributed by atoms with van der Waals surface area (Å²) in [6, 6.07) is 34.1. The molecule has 0 heterocycles. The first-order valence-corrected chi connectivity index (χ1v) is 11.1. The van der Waals surface area contributed by atoms with Crippen molar-refractivity contribution >= 4 is 0 Å². The van der Waals surface area contributed by atoms with E-state index in [0.717, 1.165) is 33.4 Å². The largest absolute Gasteiger partial charge is 0.392 e. The molecule has 2 heteroatoms. The highest BCUT2D eigenvalue weighted by molar-refractivity contribution is 5.44. The molecule has 0 bridgehead atoms. The number of hydrogen-bond acceptors (Lipinski definition) is 2. The predicted molar refractivity (Wildman–Crippen MR) is 147 cm³/mol. The van der Waals surface area contributed by atoms with Gasteiger partial charge >= 0.3 is 0 Å². The second kappa shape index (κ2) is 16.6. The van der Waals surface area contributed by atoms with E-state index in [4.69, 9.17) is 23.1 Å². The van der Waals surface area contributed by atoms with Crippen molar-refractivity contribution in [3.8, 4) is 48.4 Å². The summed E-state index contributed by atoms with van der Waals surface area (Å²) >= 11 is 0. The first-order valence-electron chi connectivity index (χ1n) is 11.1. The SMILES string of the molecule is C#Cc1ccc(CO)cc1.C#Cc1ccccc1.OCc1ccc(C#CC#Cc2ccccc2)cc1. The van der Waals surface area contributed by atoms with Crippen molar-refractivity contribution in [1.29, 1.82) is 0 Å². The highest BCUT2D eigenvalue weighted by Crippen LogP contribution is 2.03. The van der Waals surface area contributed by atoms with Crippen molar-refractivity contribution in [1.82, 2.24) is 0 Å². The van der Waals surface area contributed by atoms with Crippen molar-refractivity contribution in [3.63, 3.8) is 0 Å². The molecule has 4 rings (SSSR count). The molecule has 0 spiro atoms. The van der Waals surface area contributed by atoms with Crippen LogP contribution in [0.2, 0.25) is 0 Å². The lowest BCUT2D eigenvalue weighted by atomic mass is 10.1. The maximum Gasteiger partial charge on any atom is 0.0681 e. The molecular weight excluding hydrogens is 440 g/mol. The molecule has 0 aliphatic rings. The van der Waals surface area contributed by atoms with Crippen LogP contribution in [0.15, 0.2) is 109 Å². The minimum absolute atomic E-state index is 0.0571. The molecule has 4 aromatic rings. The third-order valence-electron chi connectivity index (χ3n) is 4.63. The van der Waals surface area contributed by atoms with Gasteiger partial charge in [0.1, 0.15) is 0 Å². The molecule has 0 saturated heterocycles. The van der Waals surface area contributed by atoms with Gasteiger partial charge in [0.25, 0.3) is 0 Å². The molecule has 0 unspecified atom stereocenters. The van der Waals surface area contributed by atoms with Crippen LogP contribution >= 0.6 is 0 Å². The third-order valence-corrected chi connectivity index (χ3v) is 4.63. The Balaban J connectivity index is 0.000000213. The van der Waals surface area contributed by atoms with E-state index in [0.29, 0.717) is 0 Å². The molecule has 0 aliphatic heterocycles. The molecule has 0 aliphatic carbocycles. The molecule has 2 N–H and O–H groups in total. The first kappa shape index (κ1) is 27.3. The van der Waals surface area contributed by atoms with Crippen molar-refractivity contribution < 1.29 is 10.2 Å². The second-order valence-electron chi connectivity index (χ2n) is 7.23. The van der Waals surface area contributed by atoms with Gasteiger partial charge in [-0.25, -0.2) is 0 Å². The Bertz CT molecular complexity index is 1380. The molecule has 0 aromatic heterocycles. The van der Waals surface area contributed by atoms with Gasteiger partial charge in [0, 0.05) is 22.3 Å². The quantitative estimate of drug-likeness (QED) is 0.388. The highest BCUT2D eigenvalue weighted by Gasteiger charge is 1.89. The number of aliphatic hydroxyl groups excluding tert-OH is 2. The zero-order chi connectivity index (χ0) is 25.8. The smallest absolute Gasteiger partial charge is 0.0681 e. The van der Waals surface area contributed by atoms with E-state index in [1.807, 2.05) is 109 Å². The van der Waals surface area contributed by atoms with E-state index in [2.05, 4.69) is 35.5 Å². The topological polar surface area (TPSA) is 40.5 Å². The van der Waals surface area contributed by atoms with Crippen LogP contribution in [0, 0.1) is 48.4 Å². The van der Waals surface area contributed by atoms with Gasteiger partial charge < -0.3 is 10.2 Å². The Hall–Kier alpha value is -4.96. The number of aliphatic hydroxyl groups is 2. The average molecular weight is 467 g/mol. The van der Waals surface area contributed by atoms with E-state index in [-0.39, 0.29) is 13.2 Å². The maximum atomic E-state index is 8.91. The number of terminal acetylenes is 2. The second-order valence-corrected chi connectivity index (χ2v) is 7.23. The van der Waals surface area contributed by atoms with Gasteiger partial charge in [0.05, 0.1) is 13.2 Å². The Morgan fingerprint density at radius 3 is 1.14 bits per heavy atom. The van der Waals surface area contributed by atoms with Gasteiger partial charge in [0.15, 0.2) is 0 Å². The molecule has 0 radical (unpaired) electrons. The van der Waals surface area contributed by atoms with Crippen molar-refractivity contribution in [2.24, 2.45) is 0 Å².